The van der Waals surface area contributed by atoms with Crippen LogP contribution >= 0.6 is 22.9 Å². The Balaban J connectivity index is 1.53. The smallest absolute Gasteiger partial charge is 0.273 e. The summed E-state index contributed by atoms with van der Waals surface area (Å²) in [5.74, 6) is 0.673. The van der Waals surface area contributed by atoms with Crippen molar-refractivity contribution in [2.45, 2.75) is 19.8 Å². The maximum absolute atomic E-state index is 12.8. The lowest BCUT2D eigenvalue weighted by atomic mass is 10.1. The zero-order valence-electron chi connectivity index (χ0n) is 18.2. The predicted molar refractivity (Wildman–Crippen MR) is 130 cm³/mol. The molecule has 0 unspecified atom stereocenters. The van der Waals surface area contributed by atoms with Crippen LogP contribution in [0.5, 0.6) is 11.5 Å². The van der Waals surface area contributed by atoms with Crippen molar-refractivity contribution in [3.63, 3.8) is 0 Å². The number of hydrogen-bond acceptors (Lipinski definition) is 7. The minimum absolute atomic E-state index is 0.171. The first kappa shape index (κ1) is 22.8. The summed E-state index contributed by atoms with van der Waals surface area (Å²) in [6.07, 6.45) is 0.412. The highest BCUT2D eigenvalue weighted by molar-refractivity contribution is 7.14. The topological polar surface area (TPSA) is 93.1 Å². The number of ether oxygens (including phenoxy) is 2. The monoisotopic (exact) mass is 484 g/mol. The van der Waals surface area contributed by atoms with E-state index in [1.165, 1.54) is 16.3 Å². The molecule has 2 aromatic carbocycles. The molecule has 33 heavy (non-hydrogen) atoms. The number of benzene rings is 2. The Morgan fingerprint density at radius 1 is 1.15 bits per heavy atom. The van der Waals surface area contributed by atoms with Crippen molar-refractivity contribution in [3.05, 3.63) is 52.4 Å². The lowest BCUT2D eigenvalue weighted by Crippen LogP contribution is -2.36. The van der Waals surface area contributed by atoms with E-state index in [4.69, 9.17) is 21.1 Å². The Morgan fingerprint density at radius 2 is 1.97 bits per heavy atom. The number of carbonyl (C=O) groups excluding carboxylic acids is 2. The number of aryl methyl sites for hydroxylation is 1. The number of halogens is 1. The van der Waals surface area contributed by atoms with E-state index in [1.807, 2.05) is 24.4 Å². The Morgan fingerprint density at radius 3 is 2.70 bits per heavy atom. The number of amides is 2. The van der Waals surface area contributed by atoms with Crippen LogP contribution in [-0.2, 0) is 9.59 Å². The fraction of sp³-hybridized carbons (Fsp3) is 0.217. The van der Waals surface area contributed by atoms with Gasteiger partial charge in [0.2, 0.25) is 5.91 Å². The summed E-state index contributed by atoms with van der Waals surface area (Å²) in [6, 6.07) is 10.6. The number of aromatic nitrogens is 1. The normalized spacial score (nSPS) is 13.5. The number of hydrogen-bond donors (Lipinski definition) is 1. The standard InChI is InChI=1S/C23H21ClN4O4S/c1-13-4-5-14(10-17(13)24)28-21(29)9-8-18(27-28)22(30)26-23-25-19(12-33-23)16-7-6-15(31-2)11-20(16)32-3/h4-7,10-12H,8-9H2,1-3H3,(H,25,26,30). The summed E-state index contributed by atoms with van der Waals surface area (Å²) in [7, 11) is 3.16. The average molecular weight is 485 g/mol. The Hall–Kier alpha value is -3.43. The summed E-state index contributed by atoms with van der Waals surface area (Å²) in [4.78, 5) is 29.7. The highest BCUT2D eigenvalue weighted by atomic mass is 35.5. The van der Waals surface area contributed by atoms with Crippen molar-refractivity contribution in [1.82, 2.24) is 4.98 Å². The third-order valence-corrected chi connectivity index (χ3v) is 6.27. The zero-order chi connectivity index (χ0) is 23.5. The molecule has 1 aromatic heterocycles. The minimum Gasteiger partial charge on any atom is -0.497 e. The van der Waals surface area contributed by atoms with Gasteiger partial charge in [0.25, 0.3) is 5.91 Å². The number of hydrazone groups is 1. The molecule has 0 fully saturated rings. The Kier molecular flexibility index (Phi) is 6.62. The second-order valence-electron chi connectivity index (χ2n) is 7.24. The molecule has 170 valence electrons. The van der Waals surface area contributed by atoms with Crippen molar-refractivity contribution in [2.75, 3.05) is 24.5 Å². The molecule has 1 N–H and O–H groups in total. The number of nitrogens with one attached hydrogen (secondary N) is 1. The fourth-order valence-electron chi connectivity index (χ4n) is 3.27. The lowest BCUT2D eigenvalue weighted by Gasteiger charge is -2.23. The van der Waals surface area contributed by atoms with Crippen molar-refractivity contribution in [1.29, 1.82) is 0 Å². The number of rotatable bonds is 6. The van der Waals surface area contributed by atoms with E-state index in [0.29, 0.717) is 33.0 Å². The van der Waals surface area contributed by atoms with Gasteiger partial charge < -0.3 is 9.47 Å². The molecule has 1 aliphatic heterocycles. The summed E-state index contributed by atoms with van der Waals surface area (Å²) < 4.78 is 10.7. The van der Waals surface area contributed by atoms with E-state index < -0.39 is 5.91 Å². The second-order valence-corrected chi connectivity index (χ2v) is 8.51. The van der Waals surface area contributed by atoms with Crippen LogP contribution in [0.4, 0.5) is 10.8 Å². The van der Waals surface area contributed by atoms with Gasteiger partial charge in [-0.1, -0.05) is 17.7 Å². The fourth-order valence-corrected chi connectivity index (χ4v) is 4.15. The molecule has 0 spiro atoms. The average Bonchev–Trinajstić information content (AvgIpc) is 3.28. The van der Waals surface area contributed by atoms with Gasteiger partial charge >= 0.3 is 0 Å². The van der Waals surface area contributed by atoms with Crippen LogP contribution in [0.1, 0.15) is 18.4 Å². The third kappa shape index (κ3) is 4.84. The molecule has 0 atom stereocenters. The van der Waals surface area contributed by atoms with Crippen molar-refractivity contribution in [2.24, 2.45) is 5.10 Å². The molecule has 3 aromatic rings. The molecule has 4 rings (SSSR count). The summed E-state index contributed by atoms with van der Waals surface area (Å²) in [5, 5.41) is 11.0. The number of nitrogens with zero attached hydrogens (tertiary/aromatic N) is 3. The maximum Gasteiger partial charge on any atom is 0.273 e. The van der Waals surface area contributed by atoms with Gasteiger partial charge in [-0.3, -0.25) is 14.9 Å². The van der Waals surface area contributed by atoms with Crippen LogP contribution in [-0.4, -0.2) is 36.7 Å². The van der Waals surface area contributed by atoms with Gasteiger partial charge in [-0.15, -0.1) is 11.3 Å². The van der Waals surface area contributed by atoms with Gasteiger partial charge in [0.1, 0.15) is 17.2 Å². The highest BCUT2D eigenvalue weighted by Gasteiger charge is 2.26. The van der Waals surface area contributed by atoms with Gasteiger partial charge in [0.15, 0.2) is 5.13 Å². The number of carbonyl (C=O) groups is 2. The summed E-state index contributed by atoms with van der Waals surface area (Å²) in [6.45, 7) is 1.87. The van der Waals surface area contributed by atoms with Crippen LogP contribution in [0.15, 0.2) is 46.9 Å². The molecule has 2 heterocycles. The molecule has 0 radical (unpaired) electrons. The first-order chi connectivity index (χ1) is 15.9. The molecular weight excluding hydrogens is 464 g/mol. The molecule has 8 nitrogen and oxygen atoms in total. The van der Waals surface area contributed by atoms with E-state index in [9.17, 15) is 9.59 Å². The van der Waals surface area contributed by atoms with E-state index in [2.05, 4.69) is 15.4 Å². The van der Waals surface area contributed by atoms with Crippen LogP contribution in [0.3, 0.4) is 0 Å². The highest BCUT2D eigenvalue weighted by Crippen LogP contribution is 2.35. The molecule has 2 amide bonds. The maximum atomic E-state index is 12.8. The Labute approximate surface area is 199 Å². The number of anilines is 2. The van der Waals surface area contributed by atoms with E-state index in [1.54, 1.807) is 38.5 Å². The summed E-state index contributed by atoms with van der Waals surface area (Å²) in [5.41, 5.74) is 3.08. The third-order valence-electron chi connectivity index (χ3n) is 5.10. The van der Waals surface area contributed by atoms with Gasteiger partial charge in [-0.2, -0.15) is 5.10 Å². The van der Waals surface area contributed by atoms with Gasteiger partial charge in [0.05, 0.1) is 25.6 Å². The molecule has 1 aliphatic rings. The van der Waals surface area contributed by atoms with Crippen molar-refractivity contribution < 1.29 is 19.1 Å². The SMILES string of the molecule is COc1ccc(-c2csc(NC(=O)C3=NN(c4ccc(C)c(Cl)c4)C(=O)CC3)n2)c(OC)c1. The molecule has 0 saturated heterocycles. The van der Waals surface area contributed by atoms with Gasteiger partial charge in [-0.25, -0.2) is 9.99 Å². The van der Waals surface area contributed by atoms with Crippen molar-refractivity contribution >= 4 is 51.3 Å². The largest absolute Gasteiger partial charge is 0.497 e. The number of thiazole rings is 1. The molecule has 0 saturated carbocycles. The molecule has 0 aliphatic carbocycles. The first-order valence-electron chi connectivity index (χ1n) is 10.1. The predicted octanol–water partition coefficient (Wildman–Crippen LogP) is 4.91. The number of methoxy groups -OCH3 is 2. The molecule has 0 bridgehead atoms. The van der Waals surface area contributed by atoms with E-state index in [0.717, 1.165) is 11.1 Å². The van der Waals surface area contributed by atoms with Crippen LogP contribution < -0.4 is 19.8 Å². The van der Waals surface area contributed by atoms with Gasteiger partial charge in [-0.05, 0) is 36.8 Å². The summed E-state index contributed by atoms with van der Waals surface area (Å²) >= 11 is 7.47. The van der Waals surface area contributed by atoms with E-state index in [-0.39, 0.29) is 24.5 Å². The van der Waals surface area contributed by atoms with Crippen LogP contribution in [0.2, 0.25) is 5.02 Å². The second kappa shape index (κ2) is 9.60. The zero-order valence-corrected chi connectivity index (χ0v) is 19.8. The van der Waals surface area contributed by atoms with Crippen molar-refractivity contribution in [3.8, 4) is 22.8 Å². The lowest BCUT2D eigenvalue weighted by molar-refractivity contribution is -0.118. The van der Waals surface area contributed by atoms with Crippen LogP contribution in [0, 0.1) is 6.92 Å². The minimum atomic E-state index is -0.409. The quantitative estimate of drug-likeness (QED) is 0.536. The molecular formula is C23H21ClN4O4S. The van der Waals surface area contributed by atoms with E-state index >= 15 is 0 Å². The Bertz CT molecular complexity index is 1260. The van der Waals surface area contributed by atoms with Crippen LogP contribution in [0.25, 0.3) is 11.3 Å². The van der Waals surface area contributed by atoms with Gasteiger partial charge in [0, 0.05) is 34.9 Å². The molecule has 10 heteroatoms. The first-order valence-corrected chi connectivity index (χ1v) is 11.3.